The Hall–Kier alpha value is -2.09. The largest absolute Gasteiger partial charge is 0.462 e. The fourth-order valence-electron chi connectivity index (χ4n) is 4.14. The molecule has 1 aliphatic carbocycles. The molecule has 1 saturated heterocycles. The number of esters is 1. The predicted octanol–water partition coefficient (Wildman–Crippen LogP) is 3.83. The maximum atomic E-state index is 12.7. The Morgan fingerprint density at radius 2 is 1.93 bits per heavy atom. The van der Waals surface area contributed by atoms with Crippen molar-refractivity contribution in [2.75, 3.05) is 49.5 Å². The molecule has 0 spiro atoms. The van der Waals surface area contributed by atoms with Gasteiger partial charge in [0.2, 0.25) is 5.91 Å². The van der Waals surface area contributed by atoms with Gasteiger partial charge in [-0.3, -0.25) is 9.69 Å². The molecule has 0 saturated carbocycles. The lowest BCUT2D eigenvalue weighted by Gasteiger charge is -2.36. The van der Waals surface area contributed by atoms with Crippen LogP contribution in [0.5, 0.6) is 0 Å². The monoisotopic (exact) mass is 447 g/mol. The van der Waals surface area contributed by atoms with Crippen LogP contribution in [0, 0.1) is 0 Å². The van der Waals surface area contributed by atoms with Crippen LogP contribution in [-0.2, 0) is 22.4 Å². The van der Waals surface area contributed by atoms with E-state index >= 15 is 0 Å². The number of aryl methyl sites for hydroxylation is 1. The summed E-state index contributed by atoms with van der Waals surface area (Å²) in [7, 11) is 0. The second kappa shape index (κ2) is 9.37. The highest BCUT2D eigenvalue weighted by atomic mass is 35.5. The molecule has 2 aromatic rings. The molecule has 4 rings (SSSR count). The van der Waals surface area contributed by atoms with E-state index in [1.807, 2.05) is 24.3 Å². The Labute approximate surface area is 185 Å². The lowest BCUT2D eigenvalue weighted by molar-refractivity contribution is -0.117. The Bertz CT molecular complexity index is 938. The summed E-state index contributed by atoms with van der Waals surface area (Å²) in [4.78, 5) is 30.8. The number of piperazine rings is 1. The van der Waals surface area contributed by atoms with Crippen molar-refractivity contribution in [2.45, 2.75) is 26.2 Å². The molecule has 1 amide bonds. The predicted molar refractivity (Wildman–Crippen MR) is 121 cm³/mol. The van der Waals surface area contributed by atoms with Gasteiger partial charge in [0.05, 0.1) is 29.4 Å². The number of fused-ring (bicyclic) bond motifs is 1. The first-order valence-electron chi connectivity index (χ1n) is 10.4. The number of carbonyl (C=O) groups is 2. The number of nitrogens with one attached hydrogen (secondary N) is 1. The fraction of sp³-hybridized carbons (Fsp3) is 0.455. The minimum Gasteiger partial charge on any atom is -0.462 e. The van der Waals surface area contributed by atoms with E-state index in [-0.39, 0.29) is 11.9 Å². The molecule has 1 fully saturated rings. The number of nitrogens with zero attached hydrogens (tertiary/aromatic N) is 2. The number of carbonyl (C=O) groups excluding carboxylic acids is 2. The van der Waals surface area contributed by atoms with Crippen molar-refractivity contribution in [3.63, 3.8) is 0 Å². The molecule has 1 aromatic carbocycles. The molecule has 0 atom stereocenters. The van der Waals surface area contributed by atoms with Crippen LogP contribution in [0.4, 0.5) is 10.7 Å². The van der Waals surface area contributed by atoms with E-state index in [0.29, 0.717) is 23.7 Å². The number of ether oxygens (including phenoxy) is 1. The normalized spacial score (nSPS) is 16.4. The molecule has 1 aromatic heterocycles. The highest BCUT2D eigenvalue weighted by Crippen LogP contribution is 2.39. The van der Waals surface area contributed by atoms with E-state index in [2.05, 4.69) is 15.1 Å². The first-order chi connectivity index (χ1) is 14.6. The summed E-state index contributed by atoms with van der Waals surface area (Å²) < 4.78 is 5.24. The van der Waals surface area contributed by atoms with Gasteiger partial charge in [0.1, 0.15) is 5.00 Å². The van der Waals surface area contributed by atoms with Gasteiger partial charge in [-0.05, 0) is 43.9 Å². The number of para-hydroxylation sites is 1. The SMILES string of the molecule is CCOC(=O)c1c(NC(=O)CN2CCN(c3ccccc3Cl)CC2)sc2c1CCC2. The van der Waals surface area contributed by atoms with Gasteiger partial charge >= 0.3 is 5.97 Å². The molecule has 2 heterocycles. The van der Waals surface area contributed by atoms with Gasteiger partial charge < -0.3 is 15.0 Å². The van der Waals surface area contributed by atoms with Crippen LogP contribution < -0.4 is 10.2 Å². The van der Waals surface area contributed by atoms with Crippen molar-refractivity contribution in [1.82, 2.24) is 4.90 Å². The van der Waals surface area contributed by atoms with E-state index in [1.165, 1.54) is 16.2 Å². The topological polar surface area (TPSA) is 61.9 Å². The zero-order valence-corrected chi connectivity index (χ0v) is 18.7. The number of amides is 1. The van der Waals surface area contributed by atoms with E-state index < -0.39 is 0 Å². The maximum Gasteiger partial charge on any atom is 0.341 e. The molecule has 8 heteroatoms. The number of hydrogen-bond donors (Lipinski definition) is 1. The third-order valence-corrected chi connectivity index (χ3v) is 7.11. The molecule has 6 nitrogen and oxygen atoms in total. The Morgan fingerprint density at radius 1 is 1.17 bits per heavy atom. The van der Waals surface area contributed by atoms with Crippen molar-refractivity contribution in [1.29, 1.82) is 0 Å². The van der Waals surface area contributed by atoms with Gasteiger partial charge in [0.25, 0.3) is 0 Å². The molecular weight excluding hydrogens is 422 g/mol. The number of thiophene rings is 1. The number of benzene rings is 1. The second-order valence-corrected chi connectivity index (χ2v) is 9.06. The average Bonchev–Trinajstić information content (AvgIpc) is 3.30. The fourth-order valence-corrected chi connectivity index (χ4v) is 5.68. The molecule has 0 bridgehead atoms. The Balaban J connectivity index is 1.36. The number of hydrogen-bond acceptors (Lipinski definition) is 6. The Kier molecular flexibility index (Phi) is 6.61. The number of rotatable bonds is 6. The molecule has 0 unspecified atom stereocenters. The van der Waals surface area contributed by atoms with Crippen LogP contribution in [0.2, 0.25) is 5.02 Å². The smallest absolute Gasteiger partial charge is 0.341 e. The van der Waals surface area contributed by atoms with Gasteiger partial charge in [-0.15, -0.1) is 11.3 Å². The number of anilines is 2. The maximum absolute atomic E-state index is 12.7. The van der Waals surface area contributed by atoms with Gasteiger partial charge in [-0.2, -0.15) is 0 Å². The highest BCUT2D eigenvalue weighted by molar-refractivity contribution is 7.17. The average molecular weight is 448 g/mol. The second-order valence-electron chi connectivity index (χ2n) is 7.54. The standard InChI is InChI=1S/C22H26ClN3O3S/c1-2-29-22(28)20-15-6-5-9-18(15)30-21(20)24-19(27)14-25-10-12-26(13-11-25)17-8-4-3-7-16(17)23/h3-4,7-8H,2,5-6,9-14H2,1H3,(H,24,27). The summed E-state index contributed by atoms with van der Waals surface area (Å²) in [6.07, 6.45) is 2.89. The summed E-state index contributed by atoms with van der Waals surface area (Å²) in [5.41, 5.74) is 2.66. The van der Waals surface area contributed by atoms with Crippen LogP contribution >= 0.6 is 22.9 Å². The van der Waals surface area contributed by atoms with Crippen LogP contribution in [0.1, 0.15) is 34.1 Å². The van der Waals surface area contributed by atoms with Crippen molar-refractivity contribution in [2.24, 2.45) is 0 Å². The lowest BCUT2D eigenvalue weighted by Crippen LogP contribution is -2.48. The van der Waals surface area contributed by atoms with Gasteiger partial charge in [-0.1, -0.05) is 23.7 Å². The molecule has 160 valence electrons. The highest BCUT2D eigenvalue weighted by Gasteiger charge is 2.29. The molecule has 1 N–H and O–H groups in total. The summed E-state index contributed by atoms with van der Waals surface area (Å²) >= 11 is 7.83. The van der Waals surface area contributed by atoms with Crippen molar-refractivity contribution < 1.29 is 14.3 Å². The molecular formula is C22H26ClN3O3S. The first kappa shape index (κ1) is 21.2. The minimum absolute atomic E-state index is 0.0911. The number of halogens is 1. The van der Waals surface area contributed by atoms with E-state index in [0.717, 1.165) is 61.7 Å². The summed E-state index contributed by atoms with van der Waals surface area (Å²) in [5, 5.41) is 4.37. The van der Waals surface area contributed by atoms with Gasteiger partial charge in [0, 0.05) is 31.1 Å². The summed E-state index contributed by atoms with van der Waals surface area (Å²) in [6.45, 7) is 5.63. The quantitative estimate of drug-likeness (QED) is 0.682. The van der Waals surface area contributed by atoms with Crippen LogP contribution in [0.25, 0.3) is 0 Å². The van der Waals surface area contributed by atoms with Crippen molar-refractivity contribution in [3.05, 3.63) is 45.3 Å². The Morgan fingerprint density at radius 3 is 2.67 bits per heavy atom. The van der Waals surface area contributed by atoms with Crippen LogP contribution in [0.15, 0.2) is 24.3 Å². The molecule has 30 heavy (non-hydrogen) atoms. The lowest BCUT2D eigenvalue weighted by atomic mass is 10.1. The van der Waals surface area contributed by atoms with Crippen LogP contribution in [0.3, 0.4) is 0 Å². The summed E-state index contributed by atoms with van der Waals surface area (Å²) in [6, 6.07) is 7.84. The molecule has 0 radical (unpaired) electrons. The van der Waals surface area contributed by atoms with Crippen LogP contribution in [-0.4, -0.2) is 56.1 Å². The molecule has 2 aliphatic rings. The zero-order valence-electron chi connectivity index (χ0n) is 17.1. The van der Waals surface area contributed by atoms with E-state index in [4.69, 9.17) is 16.3 Å². The van der Waals surface area contributed by atoms with Gasteiger partial charge in [0.15, 0.2) is 0 Å². The van der Waals surface area contributed by atoms with Gasteiger partial charge in [-0.25, -0.2) is 4.79 Å². The first-order valence-corrected chi connectivity index (χ1v) is 11.6. The van der Waals surface area contributed by atoms with E-state index in [9.17, 15) is 9.59 Å². The third kappa shape index (κ3) is 4.48. The molecule has 1 aliphatic heterocycles. The minimum atomic E-state index is -0.333. The summed E-state index contributed by atoms with van der Waals surface area (Å²) in [5.74, 6) is -0.424. The van der Waals surface area contributed by atoms with Crippen molar-refractivity contribution in [3.8, 4) is 0 Å². The zero-order chi connectivity index (χ0) is 21.1. The van der Waals surface area contributed by atoms with Crippen molar-refractivity contribution >= 4 is 45.5 Å². The van der Waals surface area contributed by atoms with E-state index in [1.54, 1.807) is 6.92 Å². The third-order valence-electron chi connectivity index (χ3n) is 5.59.